The van der Waals surface area contributed by atoms with Crippen molar-refractivity contribution in [2.75, 3.05) is 6.54 Å². The first-order chi connectivity index (χ1) is 13.7. The Balaban J connectivity index is 1.70. The minimum Gasteiger partial charge on any atom is -0.459 e. The molecule has 1 saturated heterocycles. The average molecular weight is 412 g/mol. The van der Waals surface area contributed by atoms with E-state index in [1.165, 1.54) is 0 Å². The molecule has 0 aliphatic carbocycles. The summed E-state index contributed by atoms with van der Waals surface area (Å²) in [6, 6.07) is 17.6. The Morgan fingerprint density at radius 1 is 1.14 bits per heavy atom. The number of benzene rings is 1. The summed E-state index contributed by atoms with van der Waals surface area (Å²) in [7, 11) is 0. The van der Waals surface area contributed by atoms with E-state index in [2.05, 4.69) is 22.1 Å². The molecule has 2 aromatic heterocycles. The molecule has 4 nitrogen and oxygen atoms in total. The van der Waals surface area contributed by atoms with E-state index < -0.39 is 0 Å². The van der Waals surface area contributed by atoms with Crippen LogP contribution in [-0.2, 0) is 0 Å². The summed E-state index contributed by atoms with van der Waals surface area (Å²) in [6.07, 6.45) is 3.99. The molecule has 3 aromatic rings. The molecule has 3 heterocycles. The number of pyridine rings is 1. The number of nitrogens with one attached hydrogen (secondary N) is 1. The van der Waals surface area contributed by atoms with E-state index in [1.54, 1.807) is 0 Å². The van der Waals surface area contributed by atoms with Gasteiger partial charge in [0.1, 0.15) is 17.6 Å². The van der Waals surface area contributed by atoms with E-state index in [1.807, 2.05) is 60.8 Å². The molecule has 0 amide bonds. The number of thiocarbonyl (C=S) groups is 1. The Morgan fingerprint density at radius 3 is 2.68 bits per heavy atom. The van der Waals surface area contributed by atoms with Crippen LogP contribution in [0.5, 0.6) is 0 Å². The molecule has 4 rings (SSSR count). The van der Waals surface area contributed by atoms with Gasteiger partial charge in [-0.25, -0.2) is 0 Å². The SMILES string of the molecule is CCCCN1C(=S)N[C@@H](c2ccccn2)[C@@H]1c1ccc(-c2ccc(Cl)cc2)o1. The van der Waals surface area contributed by atoms with Gasteiger partial charge in [0.25, 0.3) is 0 Å². The zero-order valence-corrected chi connectivity index (χ0v) is 17.2. The zero-order chi connectivity index (χ0) is 19.5. The number of unbranched alkanes of at least 4 members (excludes halogenated alkanes) is 1. The van der Waals surface area contributed by atoms with E-state index in [0.29, 0.717) is 5.02 Å². The molecule has 6 heteroatoms. The zero-order valence-electron chi connectivity index (χ0n) is 15.6. The third kappa shape index (κ3) is 3.77. The lowest BCUT2D eigenvalue weighted by Crippen LogP contribution is -2.30. The smallest absolute Gasteiger partial charge is 0.170 e. The highest BCUT2D eigenvalue weighted by atomic mass is 35.5. The van der Waals surface area contributed by atoms with E-state index in [9.17, 15) is 0 Å². The van der Waals surface area contributed by atoms with E-state index in [4.69, 9.17) is 28.2 Å². The van der Waals surface area contributed by atoms with Crippen LogP contribution in [0.4, 0.5) is 0 Å². The monoisotopic (exact) mass is 411 g/mol. The number of aromatic nitrogens is 1. The number of halogens is 1. The van der Waals surface area contributed by atoms with Crippen LogP contribution in [0, 0.1) is 0 Å². The van der Waals surface area contributed by atoms with Crippen LogP contribution in [0.25, 0.3) is 11.3 Å². The third-order valence-corrected chi connectivity index (χ3v) is 5.60. The predicted octanol–water partition coefficient (Wildman–Crippen LogP) is 5.77. The van der Waals surface area contributed by atoms with Gasteiger partial charge in [-0.05, 0) is 67.2 Å². The van der Waals surface area contributed by atoms with Crippen molar-refractivity contribution in [1.29, 1.82) is 0 Å². The first-order valence-electron chi connectivity index (χ1n) is 9.51. The maximum Gasteiger partial charge on any atom is 0.170 e. The van der Waals surface area contributed by atoms with Crippen molar-refractivity contribution < 1.29 is 4.42 Å². The van der Waals surface area contributed by atoms with Gasteiger partial charge in [0, 0.05) is 23.3 Å². The van der Waals surface area contributed by atoms with Crippen LogP contribution in [-0.4, -0.2) is 21.5 Å². The highest BCUT2D eigenvalue weighted by Gasteiger charge is 2.41. The van der Waals surface area contributed by atoms with Gasteiger partial charge < -0.3 is 14.6 Å². The minimum absolute atomic E-state index is 0.0324. The van der Waals surface area contributed by atoms with Gasteiger partial charge >= 0.3 is 0 Å². The third-order valence-electron chi connectivity index (χ3n) is 5.00. The number of rotatable bonds is 6. The van der Waals surface area contributed by atoms with Crippen molar-refractivity contribution in [2.45, 2.75) is 31.8 Å². The van der Waals surface area contributed by atoms with E-state index >= 15 is 0 Å². The molecule has 0 unspecified atom stereocenters. The van der Waals surface area contributed by atoms with Gasteiger partial charge in [0.05, 0.1) is 11.7 Å². The molecule has 0 bridgehead atoms. The standard InChI is InChI=1S/C22H22ClN3OS/c1-2-3-14-26-21(20(25-22(26)28)17-6-4-5-13-24-17)19-12-11-18(27-19)15-7-9-16(23)10-8-15/h4-13,20-21H,2-3,14H2,1H3,(H,25,28)/t20-,21-/m0/s1. The molecule has 0 saturated carbocycles. The summed E-state index contributed by atoms with van der Waals surface area (Å²) in [5.74, 6) is 1.70. The first kappa shape index (κ1) is 19.0. The molecule has 1 aromatic carbocycles. The molecule has 0 radical (unpaired) electrons. The maximum absolute atomic E-state index is 6.29. The largest absolute Gasteiger partial charge is 0.459 e. The lowest BCUT2D eigenvalue weighted by atomic mass is 10.0. The lowest BCUT2D eigenvalue weighted by molar-refractivity contribution is 0.271. The Hall–Kier alpha value is -2.37. The maximum atomic E-state index is 6.29. The number of hydrogen-bond donors (Lipinski definition) is 1. The summed E-state index contributed by atoms with van der Waals surface area (Å²) in [5.41, 5.74) is 1.96. The van der Waals surface area contributed by atoms with Crippen LogP contribution in [0.1, 0.15) is 43.3 Å². The van der Waals surface area contributed by atoms with Crippen molar-refractivity contribution >= 4 is 28.9 Å². The average Bonchev–Trinajstić information content (AvgIpc) is 3.32. The van der Waals surface area contributed by atoms with Gasteiger partial charge in [-0.15, -0.1) is 0 Å². The fraction of sp³-hybridized carbons (Fsp3) is 0.273. The van der Waals surface area contributed by atoms with Crippen LogP contribution in [0.2, 0.25) is 5.02 Å². The summed E-state index contributed by atoms with van der Waals surface area (Å²) in [6.45, 7) is 3.07. The Labute approximate surface area is 175 Å². The van der Waals surface area contributed by atoms with Crippen LogP contribution in [0.3, 0.4) is 0 Å². The van der Waals surface area contributed by atoms with Gasteiger partial charge in [-0.2, -0.15) is 0 Å². The summed E-state index contributed by atoms with van der Waals surface area (Å²) < 4.78 is 6.29. The van der Waals surface area contributed by atoms with E-state index in [-0.39, 0.29) is 12.1 Å². The van der Waals surface area contributed by atoms with Crippen molar-refractivity contribution in [2.24, 2.45) is 0 Å². The molecule has 1 aliphatic rings. The summed E-state index contributed by atoms with van der Waals surface area (Å²) >= 11 is 11.7. The second-order valence-electron chi connectivity index (χ2n) is 6.88. The first-order valence-corrected chi connectivity index (χ1v) is 10.3. The van der Waals surface area contributed by atoms with Crippen molar-refractivity contribution in [3.05, 3.63) is 77.3 Å². The van der Waals surface area contributed by atoms with Crippen LogP contribution in [0.15, 0.2) is 65.2 Å². The molecular weight excluding hydrogens is 390 g/mol. The summed E-state index contributed by atoms with van der Waals surface area (Å²) in [4.78, 5) is 6.78. The fourth-order valence-electron chi connectivity index (χ4n) is 3.56. The van der Waals surface area contributed by atoms with Crippen LogP contribution >= 0.6 is 23.8 Å². The van der Waals surface area contributed by atoms with Gasteiger partial charge in [0.15, 0.2) is 5.11 Å². The second kappa shape index (κ2) is 8.33. The normalized spacial score (nSPS) is 19.1. The molecule has 2 atom stereocenters. The molecular formula is C22H22ClN3OS. The lowest BCUT2D eigenvalue weighted by Gasteiger charge is -2.25. The van der Waals surface area contributed by atoms with Gasteiger partial charge in [-0.1, -0.05) is 31.0 Å². The Bertz CT molecular complexity index is 942. The molecule has 144 valence electrons. The molecule has 1 N–H and O–H groups in total. The topological polar surface area (TPSA) is 41.3 Å². The highest BCUT2D eigenvalue weighted by molar-refractivity contribution is 7.80. The number of hydrogen-bond acceptors (Lipinski definition) is 3. The fourth-order valence-corrected chi connectivity index (χ4v) is 4.02. The Morgan fingerprint density at radius 2 is 1.96 bits per heavy atom. The molecule has 28 heavy (non-hydrogen) atoms. The highest BCUT2D eigenvalue weighted by Crippen LogP contribution is 2.40. The van der Waals surface area contributed by atoms with Crippen molar-refractivity contribution in [3.8, 4) is 11.3 Å². The van der Waals surface area contributed by atoms with Gasteiger partial charge in [0.2, 0.25) is 0 Å². The summed E-state index contributed by atoms with van der Waals surface area (Å²) in [5, 5.41) is 4.91. The Kier molecular flexibility index (Phi) is 5.64. The van der Waals surface area contributed by atoms with Crippen LogP contribution < -0.4 is 5.32 Å². The van der Waals surface area contributed by atoms with Gasteiger partial charge in [-0.3, -0.25) is 4.98 Å². The minimum atomic E-state index is -0.0465. The number of nitrogens with zero attached hydrogens (tertiary/aromatic N) is 2. The van der Waals surface area contributed by atoms with Crippen molar-refractivity contribution in [3.63, 3.8) is 0 Å². The van der Waals surface area contributed by atoms with Crippen molar-refractivity contribution in [1.82, 2.24) is 15.2 Å². The van der Waals surface area contributed by atoms with E-state index in [0.717, 1.165) is 47.3 Å². The molecule has 1 aliphatic heterocycles. The molecule has 0 spiro atoms. The molecule has 1 fully saturated rings. The second-order valence-corrected chi connectivity index (χ2v) is 7.71. The number of furan rings is 1. The predicted molar refractivity (Wildman–Crippen MR) is 116 cm³/mol. The quantitative estimate of drug-likeness (QED) is 0.521.